The molecule has 0 bridgehead atoms. The van der Waals surface area contributed by atoms with Gasteiger partial charge in [0.05, 0.1) is 11.4 Å². The lowest BCUT2D eigenvalue weighted by atomic mass is 9.99. The second-order valence-corrected chi connectivity index (χ2v) is 9.24. The highest BCUT2D eigenvalue weighted by Crippen LogP contribution is 2.31. The van der Waals surface area contributed by atoms with Gasteiger partial charge in [-0.15, -0.1) is 0 Å². The van der Waals surface area contributed by atoms with E-state index >= 15 is 0 Å². The maximum absolute atomic E-state index is 4.90. The Kier molecular flexibility index (Phi) is 5.41. The van der Waals surface area contributed by atoms with Crippen LogP contribution < -0.4 is 0 Å². The molecule has 0 radical (unpaired) electrons. The van der Waals surface area contributed by atoms with Crippen molar-refractivity contribution in [2.75, 3.05) is 0 Å². The predicted octanol–water partition coefficient (Wildman–Crippen LogP) is 8.24. The van der Waals surface area contributed by atoms with E-state index in [-0.39, 0.29) is 0 Å². The topological polar surface area (TPSA) is 51.6 Å². The van der Waals surface area contributed by atoms with Crippen LogP contribution in [-0.2, 0) is 0 Å². The molecule has 2 heterocycles. The summed E-state index contributed by atoms with van der Waals surface area (Å²) in [5.74, 6) is 1.01. The Bertz CT molecular complexity index is 1900. The molecule has 7 aromatic rings. The standard InChI is InChI=1S/C34H22N4/c1-2-7-23(8-3-1)24-11-13-25(14-12-24)31-22-32(38-34(37-31)33-35-17-6-18-36-33)29-16-15-28-19-26-9-4-5-10-27(26)20-30(28)21-29/h1-22H. The van der Waals surface area contributed by atoms with Crippen LogP contribution in [0.2, 0.25) is 0 Å². The lowest BCUT2D eigenvalue weighted by Gasteiger charge is -2.10. The summed E-state index contributed by atoms with van der Waals surface area (Å²) in [4.78, 5) is 18.6. The molecule has 0 saturated heterocycles. The van der Waals surface area contributed by atoms with Crippen LogP contribution in [0.15, 0.2) is 134 Å². The molecule has 0 N–H and O–H groups in total. The molecule has 0 amide bonds. The van der Waals surface area contributed by atoms with Crippen LogP contribution in [0.25, 0.3) is 66.8 Å². The largest absolute Gasteiger partial charge is 0.234 e. The van der Waals surface area contributed by atoms with Crippen LogP contribution in [0.1, 0.15) is 0 Å². The number of fused-ring (bicyclic) bond motifs is 2. The lowest BCUT2D eigenvalue weighted by molar-refractivity contribution is 1.08. The van der Waals surface area contributed by atoms with Crippen molar-refractivity contribution in [1.29, 1.82) is 0 Å². The van der Waals surface area contributed by atoms with Crippen molar-refractivity contribution >= 4 is 21.5 Å². The van der Waals surface area contributed by atoms with Gasteiger partial charge in [0.1, 0.15) is 0 Å². The Hall–Kier alpha value is -5.22. The molecule has 5 aromatic carbocycles. The number of hydrogen-bond donors (Lipinski definition) is 0. The third-order valence-electron chi connectivity index (χ3n) is 6.78. The smallest absolute Gasteiger partial charge is 0.198 e. The number of nitrogens with zero attached hydrogens (tertiary/aromatic N) is 4. The fourth-order valence-corrected chi connectivity index (χ4v) is 4.82. The van der Waals surface area contributed by atoms with Gasteiger partial charge in [-0.1, -0.05) is 91.0 Å². The van der Waals surface area contributed by atoms with Crippen LogP contribution in [0.5, 0.6) is 0 Å². The van der Waals surface area contributed by atoms with Gasteiger partial charge < -0.3 is 0 Å². The summed E-state index contributed by atoms with van der Waals surface area (Å²) in [5.41, 5.74) is 6.05. The highest BCUT2D eigenvalue weighted by molar-refractivity contribution is 5.99. The molecular weight excluding hydrogens is 464 g/mol. The Balaban J connectivity index is 1.36. The van der Waals surface area contributed by atoms with E-state index in [2.05, 4.69) is 113 Å². The van der Waals surface area contributed by atoms with E-state index in [0.717, 1.165) is 28.1 Å². The van der Waals surface area contributed by atoms with Gasteiger partial charge in [-0.3, -0.25) is 0 Å². The first-order chi connectivity index (χ1) is 18.8. The molecule has 0 saturated carbocycles. The van der Waals surface area contributed by atoms with Gasteiger partial charge >= 0.3 is 0 Å². The SMILES string of the molecule is c1ccc(-c2ccc(-c3cc(-c4ccc5cc6ccccc6cc5c4)nc(-c4ncccn4)n3)cc2)cc1. The highest BCUT2D eigenvalue weighted by Gasteiger charge is 2.13. The Morgan fingerprint density at radius 2 is 0.895 bits per heavy atom. The van der Waals surface area contributed by atoms with E-state index in [1.165, 1.54) is 27.1 Å². The van der Waals surface area contributed by atoms with Crippen molar-refractivity contribution < 1.29 is 0 Å². The number of benzene rings is 5. The minimum Gasteiger partial charge on any atom is -0.234 e. The summed E-state index contributed by atoms with van der Waals surface area (Å²) < 4.78 is 0. The summed E-state index contributed by atoms with van der Waals surface area (Å²) in [6.45, 7) is 0. The van der Waals surface area contributed by atoms with Crippen molar-refractivity contribution in [2.24, 2.45) is 0 Å². The van der Waals surface area contributed by atoms with Gasteiger partial charge in [0, 0.05) is 23.5 Å². The second-order valence-electron chi connectivity index (χ2n) is 9.24. The first-order valence-electron chi connectivity index (χ1n) is 12.6. The quantitative estimate of drug-likeness (QED) is 0.235. The minimum atomic E-state index is 0.503. The summed E-state index contributed by atoms with van der Waals surface area (Å²) >= 11 is 0. The third kappa shape index (κ3) is 4.18. The molecule has 7 rings (SSSR count). The fourth-order valence-electron chi connectivity index (χ4n) is 4.82. The Morgan fingerprint density at radius 1 is 0.342 bits per heavy atom. The molecule has 0 fully saturated rings. The molecule has 0 aliphatic rings. The van der Waals surface area contributed by atoms with Crippen LogP contribution in [0.3, 0.4) is 0 Å². The van der Waals surface area contributed by atoms with E-state index in [4.69, 9.17) is 9.97 Å². The number of hydrogen-bond acceptors (Lipinski definition) is 4. The highest BCUT2D eigenvalue weighted by atomic mass is 15.0. The number of rotatable bonds is 4. The van der Waals surface area contributed by atoms with E-state index in [0.29, 0.717) is 11.6 Å². The van der Waals surface area contributed by atoms with Crippen molar-refractivity contribution in [1.82, 2.24) is 19.9 Å². The molecule has 4 heteroatoms. The summed E-state index contributed by atoms with van der Waals surface area (Å²) in [6.07, 6.45) is 3.43. The van der Waals surface area contributed by atoms with Crippen molar-refractivity contribution in [3.8, 4) is 45.3 Å². The lowest BCUT2D eigenvalue weighted by Crippen LogP contribution is -1.98. The van der Waals surface area contributed by atoms with Crippen molar-refractivity contribution in [3.63, 3.8) is 0 Å². The van der Waals surface area contributed by atoms with Crippen molar-refractivity contribution in [2.45, 2.75) is 0 Å². The first-order valence-corrected chi connectivity index (χ1v) is 12.6. The van der Waals surface area contributed by atoms with E-state index in [1.54, 1.807) is 18.5 Å². The van der Waals surface area contributed by atoms with E-state index in [9.17, 15) is 0 Å². The molecule has 38 heavy (non-hydrogen) atoms. The van der Waals surface area contributed by atoms with Crippen LogP contribution >= 0.6 is 0 Å². The average Bonchev–Trinajstić information content (AvgIpc) is 3.00. The molecule has 178 valence electrons. The summed E-state index contributed by atoms with van der Waals surface area (Å²) in [7, 11) is 0. The van der Waals surface area contributed by atoms with Crippen LogP contribution in [0.4, 0.5) is 0 Å². The zero-order chi connectivity index (χ0) is 25.3. The Labute approximate surface area is 220 Å². The van der Waals surface area contributed by atoms with Gasteiger partial charge in [0.2, 0.25) is 0 Å². The monoisotopic (exact) mass is 486 g/mol. The molecule has 0 spiro atoms. The van der Waals surface area contributed by atoms with Crippen LogP contribution in [0, 0.1) is 0 Å². The van der Waals surface area contributed by atoms with Gasteiger partial charge in [0.15, 0.2) is 11.6 Å². The van der Waals surface area contributed by atoms with Gasteiger partial charge in [-0.2, -0.15) is 0 Å². The average molecular weight is 487 g/mol. The zero-order valence-corrected chi connectivity index (χ0v) is 20.5. The van der Waals surface area contributed by atoms with E-state index in [1.807, 2.05) is 12.1 Å². The molecule has 4 nitrogen and oxygen atoms in total. The van der Waals surface area contributed by atoms with Gasteiger partial charge in [-0.25, -0.2) is 19.9 Å². The molecule has 2 aromatic heterocycles. The van der Waals surface area contributed by atoms with E-state index < -0.39 is 0 Å². The van der Waals surface area contributed by atoms with Gasteiger partial charge in [-0.05, 0) is 63.0 Å². The maximum atomic E-state index is 4.90. The van der Waals surface area contributed by atoms with Crippen molar-refractivity contribution in [3.05, 3.63) is 134 Å². The minimum absolute atomic E-state index is 0.503. The van der Waals surface area contributed by atoms with Crippen LogP contribution in [-0.4, -0.2) is 19.9 Å². The molecule has 0 aliphatic heterocycles. The molecule has 0 aliphatic carbocycles. The maximum Gasteiger partial charge on any atom is 0.198 e. The zero-order valence-electron chi connectivity index (χ0n) is 20.5. The summed E-state index contributed by atoms with van der Waals surface area (Å²) in [6, 6.07) is 42.1. The molecular formula is C34H22N4. The second kappa shape index (κ2) is 9.34. The first kappa shape index (κ1) is 22.0. The predicted molar refractivity (Wildman–Crippen MR) is 154 cm³/mol. The Morgan fingerprint density at radius 3 is 1.63 bits per heavy atom. The third-order valence-corrected chi connectivity index (χ3v) is 6.78. The molecule has 0 atom stereocenters. The summed E-state index contributed by atoms with van der Waals surface area (Å²) in [5, 5.41) is 4.83. The van der Waals surface area contributed by atoms with Gasteiger partial charge in [0.25, 0.3) is 0 Å². The molecule has 0 unspecified atom stereocenters. The normalized spacial score (nSPS) is 11.2. The number of aromatic nitrogens is 4. The fraction of sp³-hybridized carbons (Fsp3) is 0.